The van der Waals surface area contributed by atoms with Crippen molar-refractivity contribution in [2.45, 2.75) is 6.54 Å². The lowest BCUT2D eigenvalue weighted by atomic mass is 10.1. The fourth-order valence-corrected chi connectivity index (χ4v) is 1.78. The van der Waals surface area contributed by atoms with Crippen molar-refractivity contribution in [3.8, 4) is 5.75 Å². The molecule has 6 nitrogen and oxygen atoms in total. The van der Waals surface area contributed by atoms with Crippen molar-refractivity contribution in [2.24, 2.45) is 0 Å². The zero-order valence-electron chi connectivity index (χ0n) is 9.88. The maximum Gasteiger partial charge on any atom is 0.410 e. The summed E-state index contributed by atoms with van der Waals surface area (Å²) < 4.78 is 9.85. The molecule has 18 heavy (non-hydrogen) atoms. The maximum atomic E-state index is 11.3. The Hall–Kier alpha value is -2.24. The van der Waals surface area contributed by atoms with E-state index < -0.39 is 5.97 Å². The van der Waals surface area contributed by atoms with Gasteiger partial charge in [-0.3, -0.25) is 0 Å². The third kappa shape index (κ3) is 2.53. The highest BCUT2D eigenvalue weighted by molar-refractivity contribution is 5.88. The van der Waals surface area contributed by atoms with E-state index in [1.807, 2.05) is 0 Å². The first-order chi connectivity index (χ1) is 8.60. The van der Waals surface area contributed by atoms with E-state index in [-0.39, 0.29) is 11.7 Å². The minimum absolute atomic E-state index is 0.136. The molecule has 1 fully saturated rings. The molecular weight excluding hydrogens is 238 g/mol. The van der Waals surface area contributed by atoms with Gasteiger partial charge in [0, 0.05) is 6.54 Å². The molecule has 0 atom stereocenters. The topological polar surface area (TPSA) is 76.1 Å². The molecule has 1 aliphatic heterocycles. The highest BCUT2D eigenvalue weighted by Crippen LogP contribution is 2.19. The summed E-state index contributed by atoms with van der Waals surface area (Å²) in [6, 6.07) is 4.67. The monoisotopic (exact) mass is 251 g/mol. The van der Waals surface area contributed by atoms with Crippen molar-refractivity contribution in [1.82, 2.24) is 4.90 Å². The molecule has 96 valence electrons. The SMILES string of the molecule is COc1cc(CN2CCOC2=O)cc(C(=O)O)c1. The minimum atomic E-state index is -1.03. The Morgan fingerprint density at radius 2 is 2.28 bits per heavy atom. The van der Waals surface area contributed by atoms with Crippen LogP contribution in [0.5, 0.6) is 5.75 Å². The molecular formula is C12H13NO5. The summed E-state index contributed by atoms with van der Waals surface area (Å²) in [6.45, 7) is 1.20. The summed E-state index contributed by atoms with van der Waals surface area (Å²) in [5.74, 6) is -0.573. The smallest absolute Gasteiger partial charge is 0.410 e. The van der Waals surface area contributed by atoms with Crippen molar-refractivity contribution in [1.29, 1.82) is 0 Å². The molecule has 0 bridgehead atoms. The molecule has 1 aromatic carbocycles. The number of carbonyl (C=O) groups is 2. The zero-order valence-corrected chi connectivity index (χ0v) is 9.88. The van der Waals surface area contributed by atoms with Crippen LogP contribution in [-0.2, 0) is 11.3 Å². The molecule has 1 heterocycles. The lowest BCUT2D eigenvalue weighted by Gasteiger charge is -2.13. The van der Waals surface area contributed by atoms with Crippen LogP contribution >= 0.6 is 0 Å². The second-order valence-electron chi connectivity index (χ2n) is 3.91. The van der Waals surface area contributed by atoms with Gasteiger partial charge in [-0.25, -0.2) is 9.59 Å². The third-order valence-corrected chi connectivity index (χ3v) is 2.67. The van der Waals surface area contributed by atoms with Gasteiger partial charge >= 0.3 is 12.1 Å². The first-order valence-electron chi connectivity index (χ1n) is 5.43. The van der Waals surface area contributed by atoms with Crippen LogP contribution < -0.4 is 4.74 Å². The van der Waals surface area contributed by atoms with Gasteiger partial charge in [0.15, 0.2) is 0 Å². The predicted molar refractivity (Wildman–Crippen MR) is 61.7 cm³/mol. The molecule has 0 aromatic heterocycles. The van der Waals surface area contributed by atoms with E-state index in [0.717, 1.165) is 0 Å². The summed E-state index contributed by atoms with van der Waals surface area (Å²) in [6.07, 6.45) is -0.380. The van der Waals surface area contributed by atoms with Gasteiger partial charge in [-0.15, -0.1) is 0 Å². The fourth-order valence-electron chi connectivity index (χ4n) is 1.78. The standard InChI is InChI=1S/C12H13NO5/c1-17-10-5-8(4-9(6-10)11(14)15)7-13-2-3-18-12(13)16/h4-6H,2-3,7H2,1H3,(H,14,15). The number of amides is 1. The number of carbonyl (C=O) groups excluding carboxylic acids is 1. The number of benzene rings is 1. The normalized spacial score (nSPS) is 14.5. The van der Waals surface area contributed by atoms with Crippen molar-refractivity contribution >= 4 is 12.1 Å². The van der Waals surface area contributed by atoms with Gasteiger partial charge in [-0.05, 0) is 23.8 Å². The van der Waals surface area contributed by atoms with E-state index in [2.05, 4.69) is 0 Å². The second kappa shape index (κ2) is 4.95. The third-order valence-electron chi connectivity index (χ3n) is 2.67. The molecule has 0 radical (unpaired) electrons. The predicted octanol–water partition coefficient (Wildman–Crippen LogP) is 1.35. The van der Waals surface area contributed by atoms with E-state index in [9.17, 15) is 9.59 Å². The van der Waals surface area contributed by atoms with Crippen LogP contribution in [-0.4, -0.2) is 42.3 Å². The molecule has 0 saturated carbocycles. The first-order valence-corrected chi connectivity index (χ1v) is 5.43. The molecule has 6 heteroatoms. The Balaban J connectivity index is 2.23. The van der Waals surface area contributed by atoms with Crippen LogP contribution in [0.25, 0.3) is 0 Å². The van der Waals surface area contributed by atoms with Crippen molar-refractivity contribution in [3.63, 3.8) is 0 Å². The van der Waals surface area contributed by atoms with E-state index in [0.29, 0.717) is 31.0 Å². The minimum Gasteiger partial charge on any atom is -0.497 e. The highest BCUT2D eigenvalue weighted by Gasteiger charge is 2.22. The summed E-state index contributed by atoms with van der Waals surface area (Å²) >= 11 is 0. The molecule has 0 spiro atoms. The maximum absolute atomic E-state index is 11.3. The van der Waals surface area contributed by atoms with Crippen LogP contribution in [0.2, 0.25) is 0 Å². The molecule has 1 saturated heterocycles. The van der Waals surface area contributed by atoms with Crippen LogP contribution in [0.4, 0.5) is 4.79 Å². The largest absolute Gasteiger partial charge is 0.497 e. The molecule has 0 unspecified atom stereocenters. The molecule has 1 aliphatic rings. The summed E-state index contributed by atoms with van der Waals surface area (Å²) in [5, 5.41) is 8.98. The molecule has 1 N–H and O–H groups in total. The van der Waals surface area contributed by atoms with Crippen molar-refractivity contribution in [3.05, 3.63) is 29.3 Å². The second-order valence-corrected chi connectivity index (χ2v) is 3.91. The number of hydrogen-bond acceptors (Lipinski definition) is 4. The van der Waals surface area contributed by atoms with Crippen LogP contribution in [0.15, 0.2) is 18.2 Å². The average molecular weight is 251 g/mol. The molecule has 1 amide bonds. The summed E-state index contributed by atoms with van der Waals surface area (Å²) in [4.78, 5) is 23.8. The Morgan fingerprint density at radius 3 is 2.83 bits per heavy atom. The molecule has 1 aromatic rings. The number of carboxylic acids is 1. The lowest BCUT2D eigenvalue weighted by molar-refractivity contribution is 0.0696. The van der Waals surface area contributed by atoms with Gasteiger partial charge in [0.25, 0.3) is 0 Å². The van der Waals surface area contributed by atoms with E-state index in [1.165, 1.54) is 24.1 Å². The van der Waals surface area contributed by atoms with E-state index >= 15 is 0 Å². The molecule has 2 rings (SSSR count). The van der Waals surface area contributed by atoms with Gasteiger partial charge in [0.1, 0.15) is 12.4 Å². The summed E-state index contributed by atoms with van der Waals surface area (Å²) in [7, 11) is 1.47. The summed E-state index contributed by atoms with van der Waals surface area (Å²) in [5.41, 5.74) is 0.836. The quantitative estimate of drug-likeness (QED) is 0.874. The van der Waals surface area contributed by atoms with Crippen LogP contribution in [0.1, 0.15) is 15.9 Å². The van der Waals surface area contributed by atoms with Crippen molar-refractivity contribution < 1.29 is 24.2 Å². The Kier molecular flexibility index (Phi) is 3.36. The highest BCUT2D eigenvalue weighted by atomic mass is 16.6. The number of cyclic esters (lactones) is 1. The van der Waals surface area contributed by atoms with Gasteiger partial charge in [-0.1, -0.05) is 0 Å². The Bertz CT molecular complexity index is 485. The fraction of sp³-hybridized carbons (Fsp3) is 0.333. The first kappa shape index (κ1) is 12.2. The number of aromatic carboxylic acids is 1. The number of carboxylic acid groups (broad SMARTS) is 1. The van der Waals surface area contributed by atoms with Crippen LogP contribution in [0, 0.1) is 0 Å². The van der Waals surface area contributed by atoms with Gasteiger partial charge in [0.2, 0.25) is 0 Å². The van der Waals surface area contributed by atoms with Gasteiger partial charge < -0.3 is 19.5 Å². The Labute approximate surface area is 104 Å². The molecule has 0 aliphatic carbocycles. The number of ether oxygens (including phenoxy) is 2. The average Bonchev–Trinajstić information content (AvgIpc) is 2.74. The van der Waals surface area contributed by atoms with E-state index in [4.69, 9.17) is 14.6 Å². The number of rotatable bonds is 4. The number of methoxy groups -OCH3 is 1. The van der Waals surface area contributed by atoms with Gasteiger partial charge in [-0.2, -0.15) is 0 Å². The van der Waals surface area contributed by atoms with Crippen molar-refractivity contribution in [2.75, 3.05) is 20.3 Å². The Morgan fingerprint density at radius 1 is 1.50 bits per heavy atom. The number of nitrogens with zero attached hydrogens (tertiary/aromatic N) is 1. The lowest BCUT2D eigenvalue weighted by Crippen LogP contribution is -2.23. The van der Waals surface area contributed by atoms with Crippen LogP contribution in [0.3, 0.4) is 0 Å². The van der Waals surface area contributed by atoms with E-state index in [1.54, 1.807) is 6.07 Å². The zero-order chi connectivity index (χ0) is 13.1. The number of hydrogen-bond donors (Lipinski definition) is 1. The van der Waals surface area contributed by atoms with Gasteiger partial charge in [0.05, 0.1) is 19.2 Å².